The van der Waals surface area contributed by atoms with E-state index in [-0.39, 0.29) is 5.91 Å². The van der Waals surface area contributed by atoms with E-state index in [1.165, 1.54) is 0 Å². The molecule has 1 N–H and O–H groups in total. The average Bonchev–Trinajstić information content (AvgIpc) is 2.50. The van der Waals surface area contributed by atoms with Gasteiger partial charge in [-0.3, -0.25) is 4.79 Å². The fourth-order valence-electron chi connectivity index (χ4n) is 1.77. The summed E-state index contributed by atoms with van der Waals surface area (Å²) in [5.74, 6) is 0.0853. The zero-order valence-corrected chi connectivity index (χ0v) is 14.3. The van der Waals surface area contributed by atoms with Crippen LogP contribution in [-0.2, 0) is 4.79 Å². The van der Waals surface area contributed by atoms with E-state index in [1.807, 2.05) is 0 Å². The third kappa shape index (κ3) is 3.86. The number of rotatable bonds is 4. The van der Waals surface area contributed by atoms with Gasteiger partial charge in [0.1, 0.15) is 5.75 Å². The van der Waals surface area contributed by atoms with Crippen LogP contribution in [0.25, 0.3) is 0 Å². The molecule has 0 aliphatic heterocycles. The summed E-state index contributed by atoms with van der Waals surface area (Å²) in [5, 5.41) is 4.11. The lowest BCUT2D eigenvalue weighted by Gasteiger charge is -2.17. The predicted molar refractivity (Wildman–Crippen MR) is 91.4 cm³/mol. The first kappa shape index (κ1) is 16.9. The Bertz CT molecular complexity index is 704. The molecule has 0 fully saturated rings. The number of anilines is 1. The molecule has 2 aromatic rings. The van der Waals surface area contributed by atoms with Gasteiger partial charge >= 0.3 is 0 Å². The molecule has 2 rings (SSSR count). The summed E-state index contributed by atoms with van der Waals surface area (Å²) in [4.78, 5) is 12.2. The van der Waals surface area contributed by atoms with Crippen LogP contribution in [0.1, 0.15) is 12.5 Å². The second-order valence-corrected chi connectivity index (χ2v) is 5.91. The fraction of sp³-hybridized carbons (Fsp3) is 0.188. The Hall–Kier alpha value is -1.42. The van der Waals surface area contributed by atoms with Gasteiger partial charge in [0, 0.05) is 5.02 Å². The van der Waals surface area contributed by atoms with E-state index in [1.54, 1.807) is 50.2 Å². The molecule has 116 valence electrons. The summed E-state index contributed by atoms with van der Waals surface area (Å²) in [5.41, 5.74) is 1.24. The highest BCUT2D eigenvalue weighted by atomic mass is 35.5. The number of carbonyl (C=O) groups is 1. The molecule has 0 radical (unpaired) electrons. The van der Waals surface area contributed by atoms with Crippen molar-refractivity contribution in [1.82, 2.24) is 0 Å². The Balaban J connectivity index is 2.09. The van der Waals surface area contributed by atoms with Crippen LogP contribution in [0.5, 0.6) is 5.75 Å². The van der Waals surface area contributed by atoms with Crippen LogP contribution in [-0.4, -0.2) is 12.0 Å². The van der Waals surface area contributed by atoms with Crippen molar-refractivity contribution >= 4 is 46.4 Å². The maximum atomic E-state index is 12.2. The molecular weight excluding hydrogens is 345 g/mol. The highest BCUT2D eigenvalue weighted by Gasteiger charge is 2.18. The molecular formula is C16H14Cl3NO2. The zero-order valence-electron chi connectivity index (χ0n) is 12.0. The molecule has 3 nitrogen and oxygen atoms in total. The molecule has 0 bridgehead atoms. The van der Waals surface area contributed by atoms with Gasteiger partial charge in [0.25, 0.3) is 5.91 Å². The van der Waals surface area contributed by atoms with E-state index in [2.05, 4.69) is 5.32 Å². The summed E-state index contributed by atoms with van der Waals surface area (Å²) in [6, 6.07) is 10.3. The second-order valence-electron chi connectivity index (χ2n) is 4.71. The third-order valence-corrected chi connectivity index (χ3v) is 4.30. The second kappa shape index (κ2) is 7.23. The Morgan fingerprint density at radius 1 is 1.09 bits per heavy atom. The van der Waals surface area contributed by atoms with Crippen molar-refractivity contribution in [3.63, 3.8) is 0 Å². The summed E-state index contributed by atoms with van der Waals surface area (Å²) < 4.78 is 5.61. The van der Waals surface area contributed by atoms with Gasteiger partial charge in [0.2, 0.25) is 0 Å². The highest BCUT2D eigenvalue weighted by molar-refractivity contribution is 6.37. The van der Waals surface area contributed by atoms with Gasteiger partial charge in [-0.25, -0.2) is 0 Å². The molecule has 6 heteroatoms. The van der Waals surface area contributed by atoms with Crippen LogP contribution >= 0.6 is 34.8 Å². The number of para-hydroxylation sites is 1. The number of halogens is 3. The van der Waals surface area contributed by atoms with Gasteiger partial charge in [0.05, 0.1) is 15.7 Å². The lowest BCUT2D eigenvalue weighted by molar-refractivity contribution is -0.122. The van der Waals surface area contributed by atoms with E-state index < -0.39 is 6.10 Å². The molecule has 2 aromatic carbocycles. The molecule has 1 atom stereocenters. The van der Waals surface area contributed by atoms with Crippen LogP contribution < -0.4 is 10.1 Å². The fourth-order valence-corrected chi connectivity index (χ4v) is 2.37. The zero-order chi connectivity index (χ0) is 16.3. The largest absolute Gasteiger partial charge is 0.479 e. The first-order valence-corrected chi connectivity index (χ1v) is 7.70. The Morgan fingerprint density at radius 3 is 2.45 bits per heavy atom. The number of amides is 1. The number of ether oxygens (including phenoxy) is 1. The maximum absolute atomic E-state index is 12.2. The van der Waals surface area contributed by atoms with Crippen molar-refractivity contribution in [3.8, 4) is 5.75 Å². The molecule has 1 amide bonds. The summed E-state index contributed by atoms with van der Waals surface area (Å²) in [7, 11) is 0. The highest BCUT2D eigenvalue weighted by Crippen LogP contribution is 2.33. The molecule has 1 unspecified atom stereocenters. The average molecular weight is 359 g/mol. The van der Waals surface area contributed by atoms with E-state index in [0.29, 0.717) is 32.1 Å². The Labute approximate surface area is 144 Å². The van der Waals surface area contributed by atoms with Gasteiger partial charge < -0.3 is 10.1 Å². The van der Waals surface area contributed by atoms with E-state index in [0.717, 1.165) is 0 Å². The van der Waals surface area contributed by atoms with Gasteiger partial charge in [-0.1, -0.05) is 46.9 Å². The van der Waals surface area contributed by atoms with Gasteiger partial charge in [-0.05, 0) is 43.7 Å². The molecule has 22 heavy (non-hydrogen) atoms. The van der Waals surface area contributed by atoms with Crippen molar-refractivity contribution in [2.45, 2.75) is 20.0 Å². The number of carbonyl (C=O) groups excluding carboxylic acids is 1. The quantitative estimate of drug-likeness (QED) is 0.799. The molecule has 0 saturated heterocycles. The van der Waals surface area contributed by atoms with Crippen LogP contribution in [0, 0.1) is 6.92 Å². The van der Waals surface area contributed by atoms with E-state index in [4.69, 9.17) is 39.5 Å². The smallest absolute Gasteiger partial charge is 0.265 e. The minimum absolute atomic E-state index is 0.322. The molecule has 0 spiro atoms. The number of hydrogen-bond donors (Lipinski definition) is 1. The first-order valence-electron chi connectivity index (χ1n) is 6.56. The lowest BCUT2D eigenvalue weighted by atomic mass is 10.2. The SMILES string of the molecule is Cc1c(Cl)ccc(OC(C)C(=O)Nc2ccccc2Cl)c1Cl. The van der Waals surface area contributed by atoms with Crippen molar-refractivity contribution < 1.29 is 9.53 Å². The molecule has 0 saturated carbocycles. The molecule has 0 aliphatic carbocycles. The van der Waals surface area contributed by atoms with Crippen molar-refractivity contribution in [2.24, 2.45) is 0 Å². The first-order chi connectivity index (χ1) is 10.4. The van der Waals surface area contributed by atoms with Gasteiger partial charge in [-0.2, -0.15) is 0 Å². The van der Waals surface area contributed by atoms with Crippen LogP contribution in [0.15, 0.2) is 36.4 Å². The summed E-state index contributed by atoms with van der Waals surface area (Å²) >= 11 is 18.2. The number of benzene rings is 2. The Morgan fingerprint density at radius 2 is 1.77 bits per heavy atom. The standard InChI is InChI=1S/C16H14Cl3NO2/c1-9-11(17)7-8-14(15(9)19)22-10(2)16(21)20-13-6-4-3-5-12(13)18/h3-8,10H,1-2H3,(H,20,21). The van der Waals surface area contributed by atoms with Crippen LogP contribution in [0.2, 0.25) is 15.1 Å². The van der Waals surface area contributed by atoms with Crippen molar-refractivity contribution in [3.05, 3.63) is 57.0 Å². The molecule has 0 heterocycles. The van der Waals surface area contributed by atoms with Gasteiger partial charge in [-0.15, -0.1) is 0 Å². The van der Waals surface area contributed by atoms with Crippen molar-refractivity contribution in [1.29, 1.82) is 0 Å². The van der Waals surface area contributed by atoms with Crippen LogP contribution in [0.4, 0.5) is 5.69 Å². The maximum Gasteiger partial charge on any atom is 0.265 e. The predicted octanol–water partition coefficient (Wildman–Crippen LogP) is 5.36. The monoisotopic (exact) mass is 357 g/mol. The number of nitrogens with one attached hydrogen (secondary N) is 1. The van der Waals surface area contributed by atoms with E-state index >= 15 is 0 Å². The van der Waals surface area contributed by atoms with Crippen molar-refractivity contribution in [2.75, 3.05) is 5.32 Å². The third-order valence-electron chi connectivity index (χ3n) is 3.09. The lowest BCUT2D eigenvalue weighted by Crippen LogP contribution is -2.30. The minimum atomic E-state index is -0.741. The number of hydrogen-bond acceptors (Lipinski definition) is 2. The normalized spacial score (nSPS) is 11.9. The molecule has 0 aliphatic rings. The van der Waals surface area contributed by atoms with Gasteiger partial charge in [0.15, 0.2) is 6.10 Å². The Kier molecular flexibility index (Phi) is 5.57. The topological polar surface area (TPSA) is 38.3 Å². The van der Waals surface area contributed by atoms with Crippen LogP contribution in [0.3, 0.4) is 0 Å². The summed E-state index contributed by atoms with van der Waals surface area (Å²) in [6.45, 7) is 3.42. The summed E-state index contributed by atoms with van der Waals surface area (Å²) in [6.07, 6.45) is -0.741. The molecule has 0 aromatic heterocycles. The minimum Gasteiger partial charge on any atom is -0.479 e. The van der Waals surface area contributed by atoms with E-state index in [9.17, 15) is 4.79 Å².